The second kappa shape index (κ2) is 2.64. The first-order valence-corrected chi connectivity index (χ1v) is 4.10. The third kappa shape index (κ3) is 1.01. The van der Waals surface area contributed by atoms with Crippen LogP contribution in [0, 0.1) is 0 Å². The monoisotopic (exact) mass is 160 g/mol. The lowest BCUT2D eigenvalue weighted by Crippen LogP contribution is -2.04. The molecular weight excluding hydrogens is 148 g/mol. The Morgan fingerprint density at radius 2 is 2.17 bits per heavy atom. The molecule has 2 aromatic rings. The van der Waals surface area contributed by atoms with Gasteiger partial charge in [0.2, 0.25) is 0 Å². The van der Waals surface area contributed by atoms with E-state index in [2.05, 4.69) is 23.2 Å². The van der Waals surface area contributed by atoms with Gasteiger partial charge in [0.1, 0.15) is 0 Å². The van der Waals surface area contributed by atoms with Crippen molar-refractivity contribution in [1.29, 1.82) is 0 Å². The molecule has 0 unspecified atom stereocenters. The minimum Gasteiger partial charge on any atom is -0.361 e. The van der Waals surface area contributed by atoms with Crippen LogP contribution in [-0.4, -0.2) is 4.98 Å². The van der Waals surface area contributed by atoms with Gasteiger partial charge in [-0.25, -0.2) is 0 Å². The maximum atomic E-state index is 5.83. The van der Waals surface area contributed by atoms with E-state index >= 15 is 0 Å². The molecule has 0 aliphatic heterocycles. The Balaban J connectivity index is 2.73. The number of aromatic nitrogens is 1. The quantitative estimate of drug-likeness (QED) is 0.659. The number of H-pyrrole nitrogens is 1. The normalized spacial score (nSPS) is 13.5. The van der Waals surface area contributed by atoms with Crippen molar-refractivity contribution in [2.24, 2.45) is 5.73 Å². The molecule has 2 rings (SSSR count). The average molecular weight is 160 g/mol. The van der Waals surface area contributed by atoms with Gasteiger partial charge in [0.25, 0.3) is 0 Å². The van der Waals surface area contributed by atoms with Gasteiger partial charge < -0.3 is 10.7 Å². The molecule has 0 aliphatic rings. The van der Waals surface area contributed by atoms with E-state index < -0.39 is 0 Å². The van der Waals surface area contributed by atoms with E-state index in [9.17, 15) is 0 Å². The molecule has 0 radical (unpaired) electrons. The zero-order valence-electron chi connectivity index (χ0n) is 7.04. The number of nitrogens with two attached hydrogens (primary N) is 1. The lowest BCUT2D eigenvalue weighted by molar-refractivity contribution is 0.827. The maximum Gasteiger partial charge on any atom is 0.0457 e. The fourth-order valence-corrected chi connectivity index (χ4v) is 1.51. The number of benzene rings is 1. The summed E-state index contributed by atoms with van der Waals surface area (Å²) >= 11 is 0. The van der Waals surface area contributed by atoms with Gasteiger partial charge in [-0.1, -0.05) is 12.1 Å². The first-order chi connectivity index (χ1) is 5.79. The molecule has 0 saturated carbocycles. The molecule has 2 heteroatoms. The van der Waals surface area contributed by atoms with Gasteiger partial charge in [-0.3, -0.25) is 0 Å². The number of rotatable bonds is 1. The molecule has 0 spiro atoms. The van der Waals surface area contributed by atoms with Gasteiger partial charge in [0, 0.05) is 23.1 Å². The van der Waals surface area contributed by atoms with Crippen molar-refractivity contribution in [3.05, 3.63) is 36.0 Å². The van der Waals surface area contributed by atoms with Crippen LogP contribution in [0.25, 0.3) is 10.9 Å². The van der Waals surface area contributed by atoms with Crippen molar-refractivity contribution in [2.45, 2.75) is 13.0 Å². The summed E-state index contributed by atoms with van der Waals surface area (Å²) in [4.78, 5) is 3.16. The zero-order valence-corrected chi connectivity index (χ0v) is 7.04. The van der Waals surface area contributed by atoms with Gasteiger partial charge in [-0.05, 0) is 24.6 Å². The minimum absolute atomic E-state index is 0.101. The van der Waals surface area contributed by atoms with Crippen LogP contribution in [0.4, 0.5) is 0 Å². The van der Waals surface area contributed by atoms with Crippen molar-refractivity contribution in [3.63, 3.8) is 0 Å². The summed E-state index contributed by atoms with van der Waals surface area (Å²) in [6, 6.07) is 8.32. The topological polar surface area (TPSA) is 41.8 Å². The molecule has 62 valence electrons. The van der Waals surface area contributed by atoms with E-state index in [-0.39, 0.29) is 6.04 Å². The van der Waals surface area contributed by atoms with E-state index in [1.807, 2.05) is 19.2 Å². The number of nitrogens with one attached hydrogen (secondary N) is 1. The van der Waals surface area contributed by atoms with E-state index in [1.165, 1.54) is 10.9 Å². The van der Waals surface area contributed by atoms with E-state index in [4.69, 9.17) is 5.73 Å². The minimum atomic E-state index is 0.101. The van der Waals surface area contributed by atoms with Crippen LogP contribution in [0.5, 0.6) is 0 Å². The molecule has 0 aliphatic carbocycles. The average Bonchev–Trinajstić information content (AvgIpc) is 2.49. The fourth-order valence-electron chi connectivity index (χ4n) is 1.51. The highest BCUT2D eigenvalue weighted by molar-refractivity contribution is 5.83. The molecule has 0 amide bonds. The summed E-state index contributed by atoms with van der Waals surface area (Å²) in [5.74, 6) is 0. The van der Waals surface area contributed by atoms with Crippen molar-refractivity contribution >= 4 is 10.9 Å². The smallest absolute Gasteiger partial charge is 0.0457 e. The van der Waals surface area contributed by atoms with Gasteiger partial charge in [0.15, 0.2) is 0 Å². The SMILES string of the molecule is C[C@H](N)c1cccc2[nH]ccc12. The molecule has 0 bridgehead atoms. The Labute approximate surface area is 71.4 Å². The molecule has 0 saturated heterocycles. The third-order valence-corrected chi connectivity index (χ3v) is 2.12. The Morgan fingerprint density at radius 1 is 1.33 bits per heavy atom. The van der Waals surface area contributed by atoms with Gasteiger partial charge in [0.05, 0.1) is 0 Å². The Bertz CT molecular complexity index is 387. The summed E-state index contributed by atoms with van der Waals surface area (Å²) in [6.45, 7) is 2.00. The van der Waals surface area contributed by atoms with Crippen molar-refractivity contribution in [1.82, 2.24) is 4.98 Å². The highest BCUT2D eigenvalue weighted by atomic mass is 14.7. The summed E-state index contributed by atoms with van der Waals surface area (Å²) in [5.41, 5.74) is 8.18. The van der Waals surface area contributed by atoms with Crippen LogP contribution in [0.3, 0.4) is 0 Å². The van der Waals surface area contributed by atoms with Crippen molar-refractivity contribution in [2.75, 3.05) is 0 Å². The Kier molecular flexibility index (Phi) is 1.62. The highest BCUT2D eigenvalue weighted by Crippen LogP contribution is 2.21. The first kappa shape index (κ1) is 7.37. The Morgan fingerprint density at radius 3 is 2.92 bits per heavy atom. The summed E-state index contributed by atoms with van der Waals surface area (Å²) in [6.07, 6.45) is 1.94. The van der Waals surface area contributed by atoms with E-state index in [1.54, 1.807) is 0 Å². The maximum absolute atomic E-state index is 5.83. The highest BCUT2D eigenvalue weighted by Gasteiger charge is 2.04. The number of fused-ring (bicyclic) bond motifs is 1. The molecular formula is C10H12N2. The lowest BCUT2D eigenvalue weighted by atomic mass is 10.1. The molecule has 2 nitrogen and oxygen atoms in total. The number of aromatic amines is 1. The Hall–Kier alpha value is -1.28. The first-order valence-electron chi connectivity index (χ1n) is 4.10. The molecule has 3 N–H and O–H groups in total. The predicted octanol–water partition coefficient (Wildman–Crippen LogP) is 2.19. The largest absolute Gasteiger partial charge is 0.361 e. The zero-order chi connectivity index (χ0) is 8.55. The number of hydrogen-bond donors (Lipinski definition) is 2. The van der Waals surface area contributed by atoms with E-state index in [0.29, 0.717) is 0 Å². The van der Waals surface area contributed by atoms with Crippen LogP contribution >= 0.6 is 0 Å². The van der Waals surface area contributed by atoms with Crippen LogP contribution in [0.2, 0.25) is 0 Å². The molecule has 1 atom stereocenters. The van der Waals surface area contributed by atoms with Gasteiger partial charge in [-0.2, -0.15) is 0 Å². The second-order valence-corrected chi connectivity index (χ2v) is 3.07. The van der Waals surface area contributed by atoms with E-state index in [0.717, 1.165) is 5.52 Å². The van der Waals surface area contributed by atoms with Crippen LogP contribution in [0.1, 0.15) is 18.5 Å². The molecule has 12 heavy (non-hydrogen) atoms. The molecule has 0 fully saturated rings. The number of hydrogen-bond acceptors (Lipinski definition) is 1. The summed E-state index contributed by atoms with van der Waals surface area (Å²) in [7, 11) is 0. The van der Waals surface area contributed by atoms with Crippen molar-refractivity contribution < 1.29 is 0 Å². The predicted molar refractivity (Wildman–Crippen MR) is 50.9 cm³/mol. The molecule has 1 heterocycles. The summed E-state index contributed by atoms with van der Waals surface area (Å²) in [5, 5.41) is 1.23. The molecule has 1 aromatic carbocycles. The second-order valence-electron chi connectivity index (χ2n) is 3.07. The van der Waals surface area contributed by atoms with Crippen molar-refractivity contribution in [3.8, 4) is 0 Å². The standard InChI is InChI=1S/C10H12N2/c1-7(11)8-3-2-4-10-9(8)5-6-12-10/h2-7,12H,11H2,1H3/t7-/m0/s1. The third-order valence-electron chi connectivity index (χ3n) is 2.12. The summed E-state index contributed by atoms with van der Waals surface area (Å²) < 4.78 is 0. The molecule has 1 aromatic heterocycles. The lowest BCUT2D eigenvalue weighted by Gasteiger charge is -2.06. The van der Waals surface area contributed by atoms with Crippen LogP contribution < -0.4 is 5.73 Å². The van der Waals surface area contributed by atoms with Crippen LogP contribution in [-0.2, 0) is 0 Å². The van der Waals surface area contributed by atoms with Gasteiger partial charge >= 0.3 is 0 Å². The van der Waals surface area contributed by atoms with Gasteiger partial charge in [-0.15, -0.1) is 0 Å². The van der Waals surface area contributed by atoms with Crippen LogP contribution in [0.15, 0.2) is 30.5 Å². The fraction of sp³-hybridized carbons (Fsp3) is 0.200.